The number of esters is 1. The molecule has 46 heavy (non-hydrogen) atoms. The van der Waals surface area contributed by atoms with Gasteiger partial charge in [0.05, 0.1) is 18.9 Å². The van der Waals surface area contributed by atoms with E-state index in [-0.39, 0.29) is 13.0 Å². The van der Waals surface area contributed by atoms with Gasteiger partial charge in [0, 0.05) is 0 Å². The lowest BCUT2D eigenvalue weighted by Crippen LogP contribution is -2.59. The van der Waals surface area contributed by atoms with E-state index in [0.29, 0.717) is 17.1 Å². The van der Waals surface area contributed by atoms with E-state index >= 15 is 0 Å². The molecule has 244 valence electrons. The molecule has 0 aliphatic heterocycles. The molecule has 0 aliphatic rings. The van der Waals surface area contributed by atoms with Gasteiger partial charge in [0.15, 0.2) is 6.04 Å². The van der Waals surface area contributed by atoms with Gasteiger partial charge in [0.1, 0.15) is 30.2 Å². The number of ether oxygens (including phenoxy) is 2. The molecule has 0 saturated heterocycles. The molecule has 0 radical (unpaired) electrons. The van der Waals surface area contributed by atoms with Crippen LogP contribution in [0.15, 0.2) is 84.9 Å². The van der Waals surface area contributed by atoms with Gasteiger partial charge in [-0.2, -0.15) is 0 Å². The quantitative estimate of drug-likeness (QED) is 0.149. The zero-order valence-electron chi connectivity index (χ0n) is 26.0. The van der Waals surface area contributed by atoms with Crippen LogP contribution in [0, 0.1) is 5.92 Å². The Labute approximate surface area is 267 Å². The molecule has 3 rings (SSSR count). The summed E-state index contributed by atoms with van der Waals surface area (Å²) in [6, 6.07) is 20.8. The number of benzene rings is 3. The van der Waals surface area contributed by atoms with Crippen LogP contribution in [0.4, 0.5) is 0 Å². The maximum Gasteiger partial charge on any atom is 0.331 e. The lowest BCUT2D eigenvalue weighted by molar-refractivity contribution is -0.152. The highest BCUT2D eigenvalue weighted by Crippen LogP contribution is 2.22. The Morgan fingerprint density at radius 1 is 0.739 bits per heavy atom. The summed E-state index contributed by atoms with van der Waals surface area (Å²) in [6.07, 6.45) is -1.97. The van der Waals surface area contributed by atoms with Crippen molar-refractivity contribution in [2.45, 2.75) is 64.4 Å². The molecule has 4 atom stereocenters. The van der Waals surface area contributed by atoms with Crippen LogP contribution < -0.4 is 26.4 Å². The number of hydrogen-bond acceptors (Lipinski definition) is 8. The number of primary amides is 1. The lowest BCUT2D eigenvalue weighted by Gasteiger charge is -2.27. The maximum absolute atomic E-state index is 13.3. The molecule has 0 saturated carbocycles. The van der Waals surface area contributed by atoms with Crippen LogP contribution >= 0.6 is 0 Å². The van der Waals surface area contributed by atoms with Gasteiger partial charge in [-0.3, -0.25) is 19.2 Å². The summed E-state index contributed by atoms with van der Waals surface area (Å²) in [4.78, 5) is 64.0. The fraction of sp³-hybridized carbons (Fsp3) is 0.324. The Morgan fingerprint density at radius 2 is 1.33 bits per heavy atom. The van der Waals surface area contributed by atoms with Crippen LogP contribution in [0.25, 0.3) is 0 Å². The molecule has 0 unspecified atom stereocenters. The Kier molecular flexibility index (Phi) is 13.3. The Balaban J connectivity index is 1.64. The summed E-state index contributed by atoms with van der Waals surface area (Å²) in [5, 5.41) is 17.7. The van der Waals surface area contributed by atoms with E-state index in [1.807, 2.05) is 24.3 Å². The van der Waals surface area contributed by atoms with E-state index in [9.17, 15) is 29.1 Å². The molecule has 0 heterocycles. The zero-order chi connectivity index (χ0) is 33.6. The summed E-state index contributed by atoms with van der Waals surface area (Å²) >= 11 is 0. The van der Waals surface area contributed by atoms with E-state index in [1.165, 1.54) is 6.92 Å². The molecule has 6 N–H and O–H groups in total. The van der Waals surface area contributed by atoms with Crippen molar-refractivity contribution in [2.24, 2.45) is 11.7 Å². The SMILES string of the molecule is CC(C)[C@H](NC(=O)[C@H](CC(N)=O)NC(=O)Cc1cccc(Oc2ccccc2)c1)C(=O)N[C@H](C(=O)OCc1ccccc1)[C@H](C)O. The Bertz CT molecular complexity index is 1480. The first-order valence-corrected chi connectivity index (χ1v) is 14.8. The van der Waals surface area contributed by atoms with Gasteiger partial charge in [-0.05, 0) is 48.2 Å². The molecular weight excluding hydrogens is 592 g/mol. The number of rotatable bonds is 16. The minimum absolute atomic E-state index is 0.0675. The summed E-state index contributed by atoms with van der Waals surface area (Å²) < 4.78 is 11.1. The minimum atomic E-state index is -1.42. The molecule has 3 aromatic carbocycles. The molecule has 0 bridgehead atoms. The molecule has 3 aromatic rings. The second-order valence-electron chi connectivity index (χ2n) is 11.1. The number of aliphatic hydroxyl groups excluding tert-OH is 1. The van der Waals surface area contributed by atoms with Gasteiger partial charge in [-0.15, -0.1) is 0 Å². The second kappa shape index (κ2) is 17.3. The number of para-hydroxylation sites is 1. The molecule has 0 aliphatic carbocycles. The van der Waals surface area contributed by atoms with Crippen molar-refractivity contribution in [1.29, 1.82) is 0 Å². The fourth-order valence-corrected chi connectivity index (χ4v) is 4.41. The van der Waals surface area contributed by atoms with Crippen molar-refractivity contribution in [3.63, 3.8) is 0 Å². The van der Waals surface area contributed by atoms with Crippen LogP contribution in [-0.2, 0) is 41.7 Å². The molecule has 12 nitrogen and oxygen atoms in total. The third kappa shape index (κ3) is 11.4. The first-order chi connectivity index (χ1) is 21.9. The molecule has 0 fully saturated rings. The minimum Gasteiger partial charge on any atom is -0.459 e. The maximum atomic E-state index is 13.3. The molecule has 0 aromatic heterocycles. The number of carbonyl (C=O) groups excluding carboxylic acids is 5. The molecule has 0 spiro atoms. The van der Waals surface area contributed by atoms with E-state index < -0.39 is 66.2 Å². The van der Waals surface area contributed by atoms with E-state index in [1.54, 1.807) is 74.5 Å². The third-order valence-electron chi connectivity index (χ3n) is 6.80. The van der Waals surface area contributed by atoms with Crippen LogP contribution in [0.2, 0.25) is 0 Å². The predicted molar refractivity (Wildman–Crippen MR) is 169 cm³/mol. The van der Waals surface area contributed by atoms with E-state index in [2.05, 4.69) is 16.0 Å². The molecular formula is C34H40N4O8. The Morgan fingerprint density at radius 3 is 1.93 bits per heavy atom. The fourth-order valence-electron chi connectivity index (χ4n) is 4.41. The van der Waals surface area contributed by atoms with Crippen LogP contribution in [-0.4, -0.2) is 58.9 Å². The van der Waals surface area contributed by atoms with Crippen molar-refractivity contribution in [3.8, 4) is 11.5 Å². The van der Waals surface area contributed by atoms with Crippen LogP contribution in [0.5, 0.6) is 11.5 Å². The number of nitrogens with one attached hydrogen (secondary N) is 3. The summed E-state index contributed by atoms with van der Waals surface area (Å²) in [5.41, 5.74) is 6.67. The lowest BCUT2D eigenvalue weighted by atomic mass is 10.0. The number of hydrogen-bond donors (Lipinski definition) is 5. The summed E-state index contributed by atoms with van der Waals surface area (Å²) in [7, 11) is 0. The predicted octanol–water partition coefficient (Wildman–Crippen LogP) is 2.13. The highest BCUT2D eigenvalue weighted by molar-refractivity contribution is 5.96. The van der Waals surface area contributed by atoms with Crippen molar-refractivity contribution in [1.82, 2.24) is 16.0 Å². The van der Waals surface area contributed by atoms with Crippen LogP contribution in [0.1, 0.15) is 38.3 Å². The third-order valence-corrected chi connectivity index (χ3v) is 6.80. The molecule has 12 heteroatoms. The van der Waals surface area contributed by atoms with Crippen LogP contribution in [0.3, 0.4) is 0 Å². The summed E-state index contributed by atoms with van der Waals surface area (Å²) in [6.45, 7) is 4.56. The zero-order valence-corrected chi connectivity index (χ0v) is 26.0. The van der Waals surface area contributed by atoms with Crippen molar-refractivity contribution >= 4 is 29.6 Å². The highest BCUT2D eigenvalue weighted by atomic mass is 16.5. The average Bonchev–Trinajstić information content (AvgIpc) is 3.01. The summed E-state index contributed by atoms with van der Waals surface area (Å²) in [5.74, 6) is -3.25. The highest BCUT2D eigenvalue weighted by Gasteiger charge is 2.34. The van der Waals surface area contributed by atoms with Gasteiger partial charge >= 0.3 is 5.97 Å². The van der Waals surface area contributed by atoms with E-state index in [0.717, 1.165) is 5.56 Å². The average molecular weight is 633 g/mol. The number of nitrogens with two attached hydrogens (primary N) is 1. The topological polar surface area (TPSA) is 186 Å². The standard InChI is InChI=1S/C34H40N4O8/c1-21(2)30(33(43)38-31(22(3)39)34(44)45-20-23-11-6-4-7-12-23)37-32(42)27(19-28(35)40)36-29(41)18-24-13-10-16-26(17-24)46-25-14-8-5-9-15-25/h4-17,21-22,27,30-31,39H,18-20H2,1-3H3,(H2,35,40)(H,36,41)(H,37,42)(H,38,43)/t22-,27-,30-,31-/m0/s1. The van der Waals surface area contributed by atoms with Gasteiger partial charge < -0.3 is 36.3 Å². The van der Waals surface area contributed by atoms with E-state index in [4.69, 9.17) is 15.2 Å². The first kappa shape index (κ1) is 35.3. The van der Waals surface area contributed by atoms with Crippen molar-refractivity contribution < 1.29 is 38.6 Å². The largest absolute Gasteiger partial charge is 0.459 e. The Hall–Kier alpha value is -5.23. The second-order valence-corrected chi connectivity index (χ2v) is 11.1. The van der Waals surface area contributed by atoms with Crippen molar-refractivity contribution in [3.05, 3.63) is 96.1 Å². The smallest absolute Gasteiger partial charge is 0.331 e. The van der Waals surface area contributed by atoms with Gasteiger partial charge in [0.2, 0.25) is 23.6 Å². The van der Waals surface area contributed by atoms with Gasteiger partial charge in [-0.25, -0.2) is 4.79 Å². The number of aliphatic hydroxyl groups is 1. The normalized spacial score (nSPS) is 13.4. The number of carbonyl (C=O) groups is 5. The number of amides is 4. The van der Waals surface area contributed by atoms with Gasteiger partial charge in [0.25, 0.3) is 0 Å². The first-order valence-electron chi connectivity index (χ1n) is 14.8. The van der Waals surface area contributed by atoms with Crippen molar-refractivity contribution in [2.75, 3.05) is 0 Å². The monoisotopic (exact) mass is 632 g/mol. The van der Waals surface area contributed by atoms with Gasteiger partial charge in [-0.1, -0.05) is 74.5 Å². The molecule has 4 amide bonds.